The Balaban J connectivity index is 1.35. The minimum atomic E-state index is -0.675. The van der Waals surface area contributed by atoms with E-state index in [1.54, 1.807) is 17.0 Å². The minimum absolute atomic E-state index is 0.0184. The largest absolute Gasteiger partial charge is 0.484 e. The number of nitrogens with zero attached hydrogens (tertiary/aromatic N) is 1. The highest BCUT2D eigenvalue weighted by molar-refractivity contribution is 6.39. The lowest BCUT2D eigenvalue weighted by molar-refractivity contribution is -0.136. The van der Waals surface area contributed by atoms with Crippen molar-refractivity contribution in [2.75, 3.05) is 31.6 Å². The van der Waals surface area contributed by atoms with Crippen LogP contribution in [0.4, 0.5) is 5.69 Å². The number of anilines is 1. The van der Waals surface area contributed by atoms with Crippen LogP contribution in [0.2, 0.25) is 0 Å². The molecule has 0 bridgehead atoms. The molecule has 0 radical (unpaired) electrons. The molecule has 1 heterocycles. The van der Waals surface area contributed by atoms with Crippen molar-refractivity contribution >= 4 is 23.4 Å². The zero-order chi connectivity index (χ0) is 21.3. The van der Waals surface area contributed by atoms with Gasteiger partial charge in [0.15, 0.2) is 6.61 Å². The van der Waals surface area contributed by atoms with Gasteiger partial charge in [-0.05, 0) is 55.5 Å². The summed E-state index contributed by atoms with van der Waals surface area (Å²) in [5.41, 5.74) is 1.60. The van der Waals surface area contributed by atoms with Crippen LogP contribution in [0, 0.1) is 12.8 Å². The average molecular weight is 409 g/mol. The Bertz CT molecular complexity index is 877. The van der Waals surface area contributed by atoms with Gasteiger partial charge in [-0.1, -0.05) is 30.3 Å². The molecule has 1 aliphatic heterocycles. The Morgan fingerprint density at radius 2 is 1.73 bits per heavy atom. The monoisotopic (exact) mass is 409 g/mol. The molecule has 1 saturated heterocycles. The lowest BCUT2D eigenvalue weighted by Gasteiger charge is -2.32. The van der Waals surface area contributed by atoms with Gasteiger partial charge in [0, 0.05) is 25.3 Å². The molecule has 158 valence electrons. The molecule has 2 aromatic carbocycles. The van der Waals surface area contributed by atoms with Crippen LogP contribution in [-0.4, -0.2) is 48.9 Å². The number of hydrogen-bond donors (Lipinski definition) is 2. The molecule has 2 aromatic rings. The van der Waals surface area contributed by atoms with E-state index in [2.05, 4.69) is 10.6 Å². The third-order valence-corrected chi connectivity index (χ3v) is 5.11. The molecule has 0 saturated carbocycles. The Morgan fingerprint density at radius 1 is 1.00 bits per heavy atom. The molecule has 0 aliphatic carbocycles. The van der Waals surface area contributed by atoms with Crippen molar-refractivity contribution in [3.05, 3.63) is 60.2 Å². The highest BCUT2D eigenvalue weighted by atomic mass is 16.5. The van der Waals surface area contributed by atoms with Gasteiger partial charge in [0.1, 0.15) is 5.75 Å². The summed E-state index contributed by atoms with van der Waals surface area (Å²) in [6.45, 7) is 3.59. The van der Waals surface area contributed by atoms with Gasteiger partial charge >= 0.3 is 11.8 Å². The van der Waals surface area contributed by atoms with Crippen LogP contribution in [0.5, 0.6) is 5.75 Å². The van der Waals surface area contributed by atoms with E-state index in [1.807, 2.05) is 49.4 Å². The number of nitrogens with one attached hydrogen (secondary N) is 2. The summed E-state index contributed by atoms with van der Waals surface area (Å²) in [5, 5.41) is 5.30. The van der Waals surface area contributed by atoms with Crippen LogP contribution < -0.4 is 15.4 Å². The Kier molecular flexibility index (Phi) is 7.43. The Morgan fingerprint density at radius 3 is 2.43 bits per heavy atom. The van der Waals surface area contributed by atoms with E-state index in [9.17, 15) is 14.4 Å². The third kappa shape index (κ3) is 6.34. The predicted octanol–water partition coefficient (Wildman–Crippen LogP) is 2.37. The minimum Gasteiger partial charge on any atom is -0.484 e. The zero-order valence-electron chi connectivity index (χ0n) is 17.1. The van der Waals surface area contributed by atoms with Crippen LogP contribution in [0.25, 0.3) is 0 Å². The summed E-state index contributed by atoms with van der Waals surface area (Å²) in [7, 11) is 0. The first kappa shape index (κ1) is 21.4. The molecule has 0 unspecified atom stereocenters. The van der Waals surface area contributed by atoms with E-state index >= 15 is 0 Å². The summed E-state index contributed by atoms with van der Waals surface area (Å²) in [6, 6.07) is 16.5. The van der Waals surface area contributed by atoms with E-state index in [4.69, 9.17) is 4.74 Å². The highest BCUT2D eigenvalue weighted by Gasteiger charge is 2.24. The van der Waals surface area contributed by atoms with E-state index in [0.717, 1.165) is 18.4 Å². The molecule has 30 heavy (non-hydrogen) atoms. The molecule has 0 atom stereocenters. The van der Waals surface area contributed by atoms with Gasteiger partial charge < -0.3 is 20.3 Å². The number of piperidine rings is 1. The maximum atomic E-state index is 12.3. The quantitative estimate of drug-likeness (QED) is 0.717. The van der Waals surface area contributed by atoms with Crippen LogP contribution in [-0.2, 0) is 14.4 Å². The van der Waals surface area contributed by atoms with E-state index in [0.29, 0.717) is 31.1 Å². The predicted molar refractivity (Wildman–Crippen MR) is 114 cm³/mol. The lowest BCUT2D eigenvalue weighted by atomic mass is 9.96. The average Bonchev–Trinajstić information content (AvgIpc) is 2.77. The van der Waals surface area contributed by atoms with Crippen molar-refractivity contribution in [1.29, 1.82) is 0 Å². The van der Waals surface area contributed by atoms with Gasteiger partial charge in [-0.25, -0.2) is 0 Å². The van der Waals surface area contributed by atoms with Crippen LogP contribution >= 0.6 is 0 Å². The summed E-state index contributed by atoms with van der Waals surface area (Å²) in [4.78, 5) is 38.2. The van der Waals surface area contributed by atoms with Gasteiger partial charge in [-0.3, -0.25) is 14.4 Å². The number of carbonyl (C=O) groups excluding carboxylic acids is 3. The lowest BCUT2D eigenvalue weighted by Crippen LogP contribution is -2.44. The first-order valence-corrected chi connectivity index (χ1v) is 10.1. The molecule has 0 spiro atoms. The maximum absolute atomic E-state index is 12.3. The van der Waals surface area contributed by atoms with Crippen LogP contribution in [0.3, 0.4) is 0 Å². The number of hydrogen-bond acceptors (Lipinski definition) is 4. The molecular formula is C23H27N3O4. The Hall–Kier alpha value is -3.35. The number of rotatable bonds is 6. The first-order valence-electron chi connectivity index (χ1n) is 10.1. The fourth-order valence-corrected chi connectivity index (χ4v) is 3.37. The number of aryl methyl sites for hydroxylation is 1. The highest BCUT2D eigenvalue weighted by Crippen LogP contribution is 2.17. The second-order valence-corrected chi connectivity index (χ2v) is 7.46. The number of likely N-dealkylation sites (tertiary alicyclic amines) is 1. The van der Waals surface area contributed by atoms with Gasteiger partial charge in [0.2, 0.25) is 0 Å². The SMILES string of the molecule is Cc1cccc(NC(=O)C(=O)NCC2CCN(C(=O)COc3ccccc3)CC2)c1. The van der Waals surface area contributed by atoms with Gasteiger partial charge in [0.25, 0.3) is 5.91 Å². The summed E-state index contributed by atoms with van der Waals surface area (Å²) in [5.74, 6) is -0.455. The molecule has 7 heteroatoms. The van der Waals surface area contributed by atoms with Crippen molar-refractivity contribution in [1.82, 2.24) is 10.2 Å². The molecule has 1 aliphatic rings. The van der Waals surface area contributed by atoms with Crippen molar-refractivity contribution in [3.63, 3.8) is 0 Å². The molecule has 0 aromatic heterocycles. The fraction of sp³-hybridized carbons (Fsp3) is 0.348. The van der Waals surface area contributed by atoms with Gasteiger partial charge in [-0.2, -0.15) is 0 Å². The smallest absolute Gasteiger partial charge is 0.313 e. The molecule has 3 rings (SSSR count). The van der Waals surface area contributed by atoms with Crippen LogP contribution in [0.15, 0.2) is 54.6 Å². The molecule has 3 amide bonds. The van der Waals surface area contributed by atoms with E-state index in [1.165, 1.54) is 0 Å². The van der Waals surface area contributed by atoms with Crippen molar-refractivity contribution in [2.24, 2.45) is 5.92 Å². The number of para-hydroxylation sites is 1. The summed E-state index contributed by atoms with van der Waals surface area (Å²) >= 11 is 0. The first-order chi connectivity index (χ1) is 14.5. The molecule has 2 N–H and O–H groups in total. The van der Waals surface area contributed by atoms with E-state index in [-0.39, 0.29) is 18.4 Å². The third-order valence-electron chi connectivity index (χ3n) is 5.11. The molecule has 1 fully saturated rings. The molecule has 7 nitrogen and oxygen atoms in total. The van der Waals surface area contributed by atoms with Crippen molar-refractivity contribution in [2.45, 2.75) is 19.8 Å². The molecular weight excluding hydrogens is 382 g/mol. The van der Waals surface area contributed by atoms with Gasteiger partial charge in [-0.15, -0.1) is 0 Å². The fourth-order valence-electron chi connectivity index (χ4n) is 3.37. The standard InChI is InChI=1S/C23H27N3O4/c1-17-6-5-7-19(14-17)25-23(29)22(28)24-15-18-10-12-26(13-11-18)21(27)16-30-20-8-3-2-4-9-20/h2-9,14,18H,10-13,15-16H2,1H3,(H,24,28)(H,25,29). The number of amides is 3. The second-order valence-electron chi connectivity index (χ2n) is 7.46. The zero-order valence-corrected chi connectivity index (χ0v) is 17.1. The normalized spacial score (nSPS) is 14.1. The number of ether oxygens (including phenoxy) is 1. The second kappa shape index (κ2) is 10.4. The van der Waals surface area contributed by atoms with E-state index < -0.39 is 11.8 Å². The maximum Gasteiger partial charge on any atom is 0.313 e. The number of benzene rings is 2. The summed E-state index contributed by atoms with van der Waals surface area (Å²) < 4.78 is 5.52. The van der Waals surface area contributed by atoms with Crippen LogP contribution in [0.1, 0.15) is 18.4 Å². The van der Waals surface area contributed by atoms with Gasteiger partial charge in [0.05, 0.1) is 0 Å². The van der Waals surface area contributed by atoms with Crippen molar-refractivity contribution in [3.8, 4) is 5.75 Å². The Labute approximate surface area is 176 Å². The summed E-state index contributed by atoms with van der Waals surface area (Å²) in [6.07, 6.45) is 1.55. The number of carbonyl (C=O) groups is 3. The topological polar surface area (TPSA) is 87.7 Å². The van der Waals surface area contributed by atoms with Crippen molar-refractivity contribution < 1.29 is 19.1 Å².